The lowest BCUT2D eigenvalue weighted by atomic mass is 10.1. The third-order valence-corrected chi connectivity index (χ3v) is 1.58. The van der Waals surface area contributed by atoms with Crippen LogP contribution in [0.1, 0.15) is 13.8 Å². The van der Waals surface area contributed by atoms with E-state index >= 15 is 0 Å². The molecule has 0 spiro atoms. The average molecular weight is 165 g/mol. The lowest BCUT2D eigenvalue weighted by molar-refractivity contribution is -0.131. The number of carbonyl (C=O) groups excluding carboxylic acids is 1. The van der Waals surface area contributed by atoms with Gasteiger partial charge in [-0.1, -0.05) is 0 Å². The number of nitriles is 2. The third kappa shape index (κ3) is 2.25. The minimum Gasteiger partial charge on any atom is -0.341 e. The molecule has 1 amide bonds. The van der Waals surface area contributed by atoms with Crippen LogP contribution in [0.25, 0.3) is 0 Å². The van der Waals surface area contributed by atoms with Gasteiger partial charge in [-0.05, 0) is 13.8 Å². The zero-order chi connectivity index (χ0) is 9.56. The second-order valence-electron chi connectivity index (χ2n) is 2.20. The highest BCUT2D eigenvalue weighted by Gasteiger charge is 2.21. The molecule has 0 N–H and O–H groups in total. The summed E-state index contributed by atoms with van der Waals surface area (Å²) in [6, 6.07) is 3.30. The summed E-state index contributed by atoms with van der Waals surface area (Å²) in [6.45, 7) is 4.70. The van der Waals surface area contributed by atoms with E-state index in [1.807, 2.05) is 13.8 Å². The van der Waals surface area contributed by atoms with Crippen molar-refractivity contribution in [1.29, 1.82) is 10.5 Å². The molecule has 0 aromatic carbocycles. The molecule has 4 heteroatoms. The second-order valence-corrected chi connectivity index (χ2v) is 2.20. The first kappa shape index (κ1) is 10.4. The Balaban J connectivity index is 4.38. The molecule has 0 aromatic rings. The minimum atomic E-state index is -1.15. The van der Waals surface area contributed by atoms with E-state index in [9.17, 15) is 4.79 Å². The van der Waals surface area contributed by atoms with E-state index in [-0.39, 0.29) is 0 Å². The predicted octanol–water partition coefficient (Wildman–Crippen LogP) is 0.518. The monoisotopic (exact) mass is 165 g/mol. The molecule has 0 bridgehead atoms. The van der Waals surface area contributed by atoms with Gasteiger partial charge < -0.3 is 4.90 Å². The van der Waals surface area contributed by atoms with Gasteiger partial charge in [0.15, 0.2) is 0 Å². The van der Waals surface area contributed by atoms with Gasteiger partial charge >= 0.3 is 0 Å². The van der Waals surface area contributed by atoms with Crippen molar-refractivity contribution in [3.8, 4) is 12.1 Å². The standard InChI is InChI=1S/C8H11N3O/c1-3-11(4-2)8(12)7(5-9)6-10/h7H,3-4H2,1-2H3. The van der Waals surface area contributed by atoms with Crippen LogP contribution in [-0.2, 0) is 4.79 Å². The Hall–Kier alpha value is -1.55. The molecule has 0 aliphatic carbocycles. The lowest BCUT2D eigenvalue weighted by Gasteiger charge is -2.18. The molecule has 0 radical (unpaired) electrons. The molecular weight excluding hydrogens is 154 g/mol. The van der Waals surface area contributed by atoms with Crippen LogP contribution in [0, 0.1) is 28.6 Å². The Morgan fingerprint density at radius 2 is 1.75 bits per heavy atom. The smallest absolute Gasteiger partial charge is 0.254 e. The lowest BCUT2D eigenvalue weighted by Crippen LogP contribution is -2.34. The first-order chi connectivity index (χ1) is 5.71. The number of rotatable bonds is 3. The molecule has 0 saturated carbocycles. The number of nitrogens with zero attached hydrogens (tertiary/aromatic N) is 3. The van der Waals surface area contributed by atoms with Crippen molar-refractivity contribution in [2.45, 2.75) is 13.8 Å². The predicted molar refractivity (Wildman–Crippen MR) is 42.6 cm³/mol. The van der Waals surface area contributed by atoms with Crippen LogP contribution in [0.5, 0.6) is 0 Å². The molecule has 0 unspecified atom stereocenters. The van der Waals surface area contributed by atoms with Crippen molar-refractivity contribution < 1.29 is 4.79 Å². The summed E-state index contributed by atoms with van der Waals surface area (Å²) in [6.07, 6.45) is 0. The minimum absolute atomic E-state index is 0.398. The van der Waals surface area contributed by atoms with E-state index in [4.69, 9.17) is 10.5 Å². The maximum absolute atomic E-state index is 11.2. The van der Waals surface area contributed by atoms with Gasteiger partial charge in [0.05, 0.1) is 12.1 Å². The van der Waals surface area contributed by atoms with E-state index in [1.165, 1.54) is 4.90 Å². The van der Waals surface area contributed by atoms with Crippen molar-refractivity contribution in [3.05, 3.63) is 0 Å². The molecule has 64 valence electrons. The van der Waals surface area contributed by atoms with Crippen LogP contribution in [0.3, 0.4) is 0 Å². The Morgan fingerprint density at radius 3 is 2.00 bits per heavy atom. The van der Waals surface area contributed by atoms with Crippen molar-refractivity contribution in [1.82, 2.24) is 4.90 Å². The fraction of sp³-hybridized carbons (Fsp3) is 0.625. The number of amides is 1. The molecule has 4 nitrogen and oxygen atoms in total. The number of hydrogen-bond acceptors (Lipinski definition) is 3. The van der Waals surface area contributed by atoms with Gasteiger partial charge in [-0.3, -0.25) is 4.79 Å². The van der Waals surface area contributed by atoms with E-state index in [0.717, 1.165) is 0 Å². The highest BCUT2D eigenvalue weighted by atomic mass is 16.2. The highest BCUT2D eigenvalue weighted by Crippen LogP contribution is 2.00. The van der Waals surface area contributed by atoms with Gasteiger partial charge in [-0.15, -0.1) is 0 Å². The summed E-state index contributed by atoms with van der Waals surface area (Å²) < 4.78 is 0. The molecular formula is C8H11N3O. The number of hydrogen-bond donors (Lipinski definition) is 0. The zero-order valence-corrected chi connectivity index (χ0v) is 7.24. The van der Waals surface area contributed by atoms with E-state index in [0.29, 0.717) is 13.1 Å². The Bertz CT molecular complexity index is 218. The first-order valence-electron chi connectivity index (χ1n) is 3.79. The Morgan fingerprint density at radius 1 is 1.33 bits per heavy atom. The Labute approximate surface area is 72.0 Å². The van der Waals surface area contributed by atoms with Crippen molar-refractivity contribution in [2.24, 2.45) is 5.92 Å². The van der Waals surface area contributed by atoms with Crippen molar-refractivity contribution in [2.75, 3.05) is 13.1 Å². The van der Waals surface area contributed by atoms with Crippen LogP contribution in [-0.4, -0.2) is 23.9 Å². The molecule has 0 saturated heterocycles. The fourth-order valence-electron chi connectivity index (χ4n) is 0.857. The molecule has 0 rings (SSSR count). The van der Waals surface area contributed by atoms with Crippen LogP contribution >= 0.6 is 0 Å². The van der Waals surface area contributed by atoms with Crippen LogP contribution < -0.4 is 0 Å². The summed E-state index contributed by atoms with van der Waals surface area (Å²) in [5.41, 5.74) is 0. The number of carbonyl (C=O) groups is 1. The maximum Gasteiger partial charge on any atom is 0.254 e. The summed E-state index contributed by atoms with van der Waals surface area (Å²) in [7, 11) is 0. The van der Waals surface area contributed by atoms with E-state index in [2.05, 4.69) is 0 Å². The third-order valence-electron chi connectivity index (χ3n) is 1.58. The summed E-state index contributed by atoms with van der Waals surface area (Å²) in [5.74, 6) is -1.55. The van der Waals surface area contributed by atoms with Gasteiger partial charge in [0.2, 0.25) is 5.92 Å². The van der Waals surface area contributed by atoms with Gasteiger partial charge in [0.25, 0.3) is 5.91 Å². The fourth-order valence-corrected chi connectivity index (χ4v) is 0.857. The Kier molecular flexibility index (Phi) is 4.48. The maximum atomic E-state index is 11.2. The van der Waals surface area contributed by atoms with E-state index < -0.39 is 11.8 Å². The molecule has 0 atom stereocenters. The molecule has 12 heavy (non-hydrogen) atoms. The summed E-state index contributed by atoms with van der Waals surface area (Å²) in [4.78, 5) is 12.7. The van der Waals surface area contributed by atoms with Crippen LogP contribution in [0.15, 0.2) is 0 Å². The highest BCUT2D eigenvalue weighted by molar-refractivity contribution is 5.83. The van der Waals surface area contributed by atoms with Crippen molar-refractivity contribution in [3.63, 3.8) is 0 Å². The van der Waals surface area contributed by atoms with Crippen LogP contribution in [0.2, 0.25) is 0 Å². The van der Waals surface area contributed by atoms with Gasteiger partial charge in [-0.2, -0.15) is 10.5 Å². The first-order valence-corrected chi connectivity index (χ1v) is 3.79. The van der Waals surface area contributed by atoms with Crippen molar-refractivity contribution >= 4 is 5.91 Å². The topological polar surface area (TPSA) is 67.9 Å². The zero-order valence-electron chi connectivity index (χ0n) is 7.24. The van der Waals surface area contributed by atoms with Gasteiger partial charge in [0, 0.05) is 13.1 Å². The molecule has 0 aliphatic rings. The SMILES string of the molecule is CCN(CC)C(=O)C(C#N)C#N. The summed E-state index contributed by atoms with van der Waals surface area (Å²) >= 11 is 0. The van der Waals surface area contributed by atoms with Gasteiger partial charge in [-0.25, -0.2) is 0 Å². The van der Waals surface area contributed by atoms with E-state index in [1.54, 1.807) is 12.1 Å². The summed E-state index contributed by atoms with van der Waals surface area (Å²) in [5, 5.41) is 16.8. The van der Waals surface area contributed by atoms with Crippen LogP contribution in [0.4, 0.5) is 0 Å². The molecule has 0 fully saturated rings. The largest absolute Gasteiger partial charge is 0.341 e. The molecule has 0 aromatic heterocycles. The normalized spacial score (nSPS) is 8.75. The second kappa shape index (κ2) is 5.15. The quantitative estimate of drug-likeness (QED) is 0.612. The average Bonchev–Trinajstić information content (AvgIpc) is 2.09. The molecule has 0 aliphatic heterocycles. The van der Waals surface area contributed by atoms with Gasteiger partial charge in [0.1, 0.15) is 0 Å². The molecule has 0 heterocycles.